The van der Waals surface area contributed by atoms with E-state index in [1.165, 1.54) is 29.8 Å². The number of aliphatic imine (C=N–C) groups is 1. The monoisotopic (exact) mass is 378 g/mol. The summed E-state index contributed by atoms with van der Waals surface area (Å²) in [6, 6.07) is 9.12. The number of fused-ring (bicyclic) bond motifs is 1. The Morgan fingerprint density at radius 2 is 2.00 bits per heavy atom. The van der Waals surface area contributed by atoms with Crippen molar-refractivity contribution in [1.29, 1.82) is 0 Å². The number of hydrogen-bond acceptors (Lipinski definition) is 3. The van der Waals surface area contributed by atoms with Gasteiger partial charge in [-0.1, -0.05) is 18.2 Å². The fourth-order valence-corrected chi connectivity index (χ4v) is 3.00. The molecule has 0 fully saturated rings. The van der Waals surface area contributed by atoms with E-state index in [1.54, 1.807) is 6.07 Å². The summed E-state index contributed by atoms with van der Waals surface area (Å²) >= 11 is 0. The molecule has 8 heteroatoms. The van der Waals surface area contributed by atoms with Crippen LogP contribution in [0.2, 0.25) is 0 Å². The molecular weight excluding hydrogens is 357 g/mol. The number of aromatic nitrogens is 1. The van der Waals surface area contributed by atoms with Crippen LogP contribution in [0, 0.1) is 0 Å². The molecule has 2 aromatic rings. The zero-order chi connectivity index (χ0) is 19.3. The lowest BCUT2D eigenvalue weighted by Gasteiger charge is -2.19. The average molecular weight is 378 g/mol. The van der Waals surface area contributed by atoms with Gasteiger partial charge in [-0.2, -0.15) is 13.2 Å². The Morgan fingerprint density at radius 1 is 1.19 bits per heavy atom. The molecule has 0 amide bonds. The van der Waals surface area contributed by atoms with Crippen molar-refractivity contribution >= 4 is 11.6 Å². The normalized spacial score (nSPS) is 14.6. The number of nitrogens with zero attached hydrogens (tertiary/aromatic N) is 2. The topological polar surface area (TPSA) is 72.5 Å². The number of pyridine rings is 1. The number of guanidine groups is 1. The molecule has 27 heavy (non-hydrogen) atoms. The summed E-state index contributed by atoms with van der Waals surface area (Å²) in [5.74, 6) is 0.202. The van der Waals surface area contributed by atoms with Crippen LogP contribution in [0.5, 0.6) is 5.88 Å². The van der Waals surface area contributed by atoms with Gasteiger partial charge in [-0.3, -0.25) is 0 Å². The number of rotatable bonds is 5. The molecule has 5 nitrogen and oxygen atoms in total. The van der Waals surface area contributed by atoms with Crippen LogP contribution in [0.4, 0.5) is 18.9 Å². The number of halogens is 3. The van der Waals surface area contributed by atoms with E-state index >= 15 is 0 Å². The number of alkyl halides is 3. The SMILES string of the molecule is NC(=NCc1ccc(OCC(F)(F)F)nc1)Nc1cccc2c1CCCC2. The Morgan fingerprint density at radius 3 is 2.74 bits per heavy atom. The van der Waals surface area contributed by atoms with Crippen molar-refractivity contribution in [1.82, 2.24) is 4.98 Å². The second-order valence-electron chi connectivity index (χ2n) is 6.39. The lowest BCUT2D eigenvalue weighted by molar-refractivity contribution is -0.154. The molecule has 1 aliphatic rings. The molecule has 144 valence electrons. The van der Waals surface area contributed by atoms with E-state index in [-0.39, 0.29) is 18.4 Å². The second kappa shape index (κ2) is 8.28. The Balaban J connectivity index is 1.58. The van der Waals surface area contributed by atoms with Gasteiger partial charge in [0.25, 0.3) is 0 Å². The lowest BCUT2D eigenvalue weighted by atomic mass is 9.90. The second-order valence-corrected chi connectivity index (χ2v) is 6.39. The lowest BCUT2D eigenvalue weighted by Crippen LogP contribution is -2.24. The number of nitrogens with two attached hydrogens (primary N) is 1. The fraction of sp³-hybridized carbons (Fsp3) is 0.368. The molecule has 1 aromatic carbocycles. The number of hydrogen-bond donors (Lipinski definition) is 2. The summed E-state index contributed by atoms with van der Waals surface area (Å²) in [6.45, 7) is -1.10. The third-order valence-electron chi connectivity index (χ3n) is 4.27. The molecule has 0 saturated heterocycles. The van der Waals surface area contributed by atoms with E-state index in [1.807, 2.05) is 12.1 Å². The van der Waals surface area contributed by atoms with Crippen LogP contribution >= 0.6 is 0 Å². The van der Waals surface area contributed by atoms with Gasteiger partial charge in [0.05, 0.1) is 6.54 Å². The van der Waals surface area contributed by atoms with Crippen LogP contribution in [-0.4, -0.2) is 23.7 Å². The minimum Gasteiger partial charge on any atom is -0.468 e. The van der Waals surface area contributed by atoms with Gasteiger partial charge >= 0.3 is 6.18 Å². The predicted octanol–water partition coefficient (Wildman–Crippen LogP) is 3.83. The van der Waals surface area contributed by atoms with E-state index in [0.29, 0.717) is 5.56 Å². The minimum atomic E-state index is -4.39. The van der Waals surface area contributed by atoms with Gasteiger partial charge in [0.2, 0.25) is 5.88 Å². The summed E-state index contributed by atoms with van der Waals surface area (Å²) < 4.78 is 40.9. The summed E-state index contributed by atoms with van der Waals surface area (Å²) in [5, 5.41) is 3.15. The number of ether oxygens (including phenoxy) is 1. The Labute approximate surface area is 155 Å². The van der Waals surface area contributed by atoms with Crippen molar-refractivity contribution in [3.8, 4) is 5.88 Å². The van der Waals surface area contributed by atoms with E-state index in [4.69, 9.17) is 5.73 Å². The molecule has 3 N–H and O–H groups in total. The standard InChI is InChI=1S/C19H21F3N4O/c20-19(21,22)12-27-17-9-8-13(10-24-17)11-25-18(23)26-16-7-3-5-14-4-1-2-6-15(14)16/h3,5,7-10H,1-2,4,6,11-12H2,(H3,23,25,26). The first kappa shape index (κ1) is 19.0. The van der Waals surface area contributed by atoms with Crippen molar-refractivity contribution in [3.05, 3.63) is 53.2 Å². The van der Waals surface area contributed by atoms with Gasteiger partial charge in [0.15, 0.2) is 12.6 Å². The maximum Gasteiger partial charge on any atom is 0.422 e. The van der Waals surface area contributed by atoms with Crippen LogP contribution in [0.15, 0.2) is 41.5 Å². The maximum atomic E-state index is 12.1. The van der Waals surface area contributed by atoms with Crippen LogP contribution in [0.3, 0.4) is 0 Å². The first-order chi connectivity index (χ1) is 12.9. The molecule has 3 rings (SSSR count). The Kier molecular flexibility index (Phi) is 5.83. The number of anilines is 1. The van der Waals surface area contributed by atoms with Crippen molar-refractivity contribution in [2.45, 2.75) is 38.4 Å². The van der Waals surface area contributed by atoms with Crippen molar-refractivity contribution in [2.24, 2.45) is 10.7 Å². The molecule has 0 saturated carbocycles. The summed E-state index contributed by atoms with van der Waals surface area (Å²) in [6.07, 6.45) is 1.51. The third-order valence-corrected chi connectivity index (χ3v) is 4.27. The molecular formula is C19H21F3N4O. The molecule has 1 heterocycles. The summed E-state index contributed by atoms with van der Waals surface area (Å²) in [4.78, 5) is 8.12. The van der Waals surface area contributed by atoms with Gasteiger partial charge in [0, 0.05) is 18.0 Å². The first-order valence-corrected chi connectivity index (χ1v) is 8.73. The average Bonchev–Trinajstić information content (AvgIpc) is 2.65. The van der Waals surface area contributed by atoms with Crippen molar-refractivity contribution in [3.63, 3.8) is 0 Å². The largest absolute Gasteiger partial charge is 0.468 e. The van der Waals surface area contributed by atoms with Crippen molar-refractivity contribution in [2.75, 3.05) is 11.9 Å². The number of benzene rings is 1. The highest BCUT2D eigenvalue weighted by atomic mass is 19.4. The maximum absolute atomic E-state index is 12.1. The quantitative estimate of drug-likeness (QED) is 0.613. The Bertz CT molecular complexity index is 804. The van der Waals surface area contributed by atoms with Crippen LogP contribution in [0.1, 0.15) is 29.5 Å². The summed E-state index contributed by atoms with van der Waals surface area (Å²) in [7, 11) is 0. The predicted molar refractivity (Wildman–Crippen MR) is 97.8 cm³/mol. The van der Waals surface area contributed by atoms with Gasteiger partial charge in [0.1, 0.15) is 0 Å². The highest BCUT2D eigenvalue weighted by molar-refractivity contribution is 5.93. The van der Waals surface area contributed by atoms with Gasteiger partial charge in [-0.25, -0.2) is 9.98 Å². The molecule has 0 radical (unpaired) electrons. The number of aryl methyl sites for hydroxylation is 1. The molecule has 0 aliphatic heterocycles. The van der Waals surface area contributed by atoms with Gasteiger partial charge < -0.3 is 15.8 Å². The molecule has 0 bridgehead atoms. The first-order valence-electron chi connectivity index (χ1n) is 8.73. The zero-order valence-electron chi connectivity index (χ0n) is 14.7. The van der Waals surface area contributed by atoms with Crippen LogP contribution < -0.4 is 15.8 Å². The van der Waals surface area contributed by atoms with E-state index in [9.17, 15) is 13.2 Å². The van der Waals surface area contributed by atoms with Gasteiger partial charge in [-0.05, 0) is 48.4 Å². The molecule has 0 atom stereocenters. The Hall–Kier alpha value is -2.77. The summed E-state index contributed by atoms with van der Waals surface area (Å²) in [5.41, 5.74) is 10.3. The highest BCUT2D eigenvalue weighted by Crippen LogP contribution is 2.27. The van der Waals surface area contributed by atoms with Crippen LogP contribution in [0.25, 0.3) is 0 Å². The molecule has 0 spiro atoms. The third kappa shape index (κ3) is 5.60. The highest BCUT2D eigenvalue weighted by Gasteiger charge is 2.28. The molecule has 0 unspecified atom stereocenters. The van der Waals surface area contributed by atoms with Gasteiger partial charge in [-0.15, -0.1) is 0 Å². The zero-order valence-corrected chi connectivity index (χ0v) is 14.7. The van der Waals surface area contributed by atoms with Crippen LogP contribution in [-0.2, 0) is 19.4 Å². The smallest absolute Gasteiger partial charge is 0.422 e. The fourth-order valence-electron chi connectivity index (χ4n) is 3.00. The van der Waals surface area contributed by atoms with E-state index < -0.39 is 12.8 Å². The molecule has 1 aromatic heterocycles. The minimum absolute atomic E-state index is 0.0814. The molecule has 1 aliphatic carbocycles. The number of nitrogens with one attached hydrogen (secondary N) is 1. The van der Waals surface area contributed by atoms with Crippen molar-refractivity contribution < 1.29 is 17.9 Å². The van der Waals surface area contributed by atoms with E-state index in [0.717, 1.165) is 24.9 Å². The van der Waals surface area contributed by atoms with E-state index in [2.05, 4.69) is 26.1 Å².